The highest BCUT2D eigenvalue weighted by atomic mass is 16.3. The molecule has 1 atom stereocenters. The molecule has 112 valence electrons. The molecular weight excluding hydrogens is 242 g/mol. The first-order chi connectivity index (χ1) is 9.17. The van der Waals surface area contributed by atoms with Crippen LogP contribution in [-0.4, -0.2) is 66.8 Å². The zero-order valence-corrected chi connectivity index (χ0v) is 12.4. The van der Waals surface area contributed by atoms with Crippen LogP contribution in [0.3, 0.4) is 0 Å². The number of hydrogen-bond donors (Lipinski definition) is 2. The van der Waals surface area contributed by atoms with Gasteiger partial charge in [-0.25, -0.2) is 4.79 Å². The summed E-state index contributed by atoms with van der Waals surface area (Å²) < 4.78 is 0. The van der Waals surface area contributed by atoms with E-state index in [2.05, 4.69) is 17.1 Å². The minimum Gasteiger partial charge on any atom is -0.395 e. The van der Waals surface area contributed by atoms with Crippen LogP contribution in [-0.2, 0) is 0 Å². The molecule has 0 spiro atoms. The Morgan fingerprint density at radius 3 is 2.95 bits per heavy atom. The summed E-state index contributed by atoms with van der Waals surface area (Å²) in [7, 11) is 0. The van der Waals surface area contributed by atoms with Gasteiger partial charge in [0.15, 0.2) is 0 Å². The average Bonchev–Trinajstić information content (AvgIpc) is 2.40. The Bertz CT molecular complexity index is 261. The summed E-state index contributed by atoms with van der Waals surface area (Å²) in [4.78, 5) is 15.9. The second kappa shape index (κ2) is 9.15. The number of piperidine rings is 1. The Hall–Kier alpha value is -0.810. The van der Waals surface area contributed by atoms with Gasteiger partial charge in [0.1, 0.15) is 0 Å². The van der Waals surface area contributed by atoms with Gasteiger partial charge in [-0.2, -0.15) is 0 Å². The van der Waals surface area contributed by atoms with Gasteiger partial charge in [-0.15, -0.1) is 0 Å². The van der Waals surface area contributed by atoms with Crippen molar-refractivity contribution in [1.82, 2.24) is 15.1 Å². The number of urea groups is 1. The van der Waals surface area contributed by atoms with Crippen LogP contribution in [0.15, 0.2) is 0 Å². The van der Waals surface area contributed by atoms with E-state index in [0.717, 1.165) is 18.9 Å². The summed E-state index contributed by atoms with van der Waals surface area (Å²) >= 11 is 0. The molecule has 0 radical (unpaired) electrons. The Morgan fingerprint density at radius 2 is 2.32 bits per heavy atom. The number of likely N-dealkylation sites (tertiary alicyclic amines) is 1. The van der Waals surface area contributed by atoms with Crippen LogP contribution < -0.4 is 5.32 Å². The van der Waals surface area contributed by atoms with E-state index in [9.17, 15) is 4.79 Å². The second-order valence-electron chi connectivity index (χ2n) is 5.44. The molecule has 5 nitrogen and oxygen atoms in total. The van der Waals surface area contributed by atoms with Crippen LogP contribution in [0.4, 0.5) is 4.79 Å². The lowest BCUT2D eigenvalue weighted by Gasteiger charge is -2.30. The van der Waals surface area contributed by atoms with E-state index in [1.54, 1.807) is 4.90 Å². The quantitative estimate of drug-likeness (QED) is 0.683. The lowest BCUT2D eigenvalue weighted by Crippen LogP contribution is -2.42. The van der Waals surface area contributed by atoms with Crippen molar-refractivity contribution in [2.75, 3.05) is 45.9 Å². The topological polar surface area (TPSA) is 55.8 Å². The molecule has 0 bridgehead atoms. The predicted molar refractivity (Wildman–Crippen MR) is 77.2 cm³/mol. The Labute approximate surface area is 117 Å². The number of nitrogens with one attached hydrogen (secondary N) is 1. The molecule has 19 heavy (non-hydrogen) atoms. The number of carbonyl (C=O) groups excluding carboxylic acids is 1. The summed E-state index contributed by atoms with van der Waals surface area (Å²) in [6.45, 7) is 9.47. The predicted octanol–water partition coefficient (Wildman–Crippen LogP) is 1.13. The maximum Gasteiger partial charge on any atom is 0.317 e. The molecule has 0 aromatic rings. The summed E-state index contributed by atoms with van der Waals surface area (Å²) in [5.41, 5.74) is 0. The molecule has 1 fully saturated rings. The van der Waals surface area contributed by atoms with E-state index in [1.807, 2.05) is 6.92 Å². The first kappa shape index (κ1) is 16.2. The fourth-order valence-corrected chi connectivity index (χ4v) is 2.62. The Morgan fingerprint density at radius 1 is 1.53 bits per heavy atom. The molecular formula is C14H29N3O2. The van der Waals surface area contributed by atoms with Crippen LogP contribution in [0.25, 0.3) is 0 Å². The van der Waals surface area contributed by atoms with Gasteiger partial charge in [-0.3, -0.25) is 0 Å². The molecule has 1 heterocycles. The highest BCUT2D eigenvalue weighted by Gasteiger charge is 2.15. The smallest absolute Gasteiger partial charge is 0.317 e. The molecule has 0 aromatic carbocycles. The normalized spacial score (nSPS) is 20.3. The molecule has 2 N–H and O–H groups in total. The molecule has 0 aromatic heterocycles. The fraction of sp³-hybridized carbons (Fsp3) is 0.929. The van der Waals surface area contributed by atoms with E-state index in [4.69, 9.17) is 5.11 Å². The monoisotopic (exact) mass is 271 g/mol. The third-order valence-corrected chi connectivity index (χ3v) is 3.71. The summed E-state index contributed by atoms with van der Waals surface area (Å²) in [6.07, 6.45) is 3.64. The molecule has 1 unspecified atom stereocenters. The number of hydrogen-bond acceptors (Lipinski definition) is 3. The standard InChI is InChI=1S/C14H29N3O2/c1-3-17(10-11-18)14(19)15-7-5-9-16-8-4-6-13(2)12-16/h13,18H,3-12H2,1-2H3,(H,15,19). The van der Waals surface area contributed by atoms with Crippen molar-refractivity contribution >= 4 is 6.03 Å². The number of nitrogens with zero attached hydrogens (tertiary/aromatic N) is 2. The van der Waals surface area contributed by atoms with Gasteiger partial charge in [-0.1, -0.05) is 6.92 Å². The highest BCUT2D eigenvalue weighted by Crippen LogP contribution is 2.15. The van der Waals surface area contributed by atoms with Gasteiger partial charge in [0.05, 0.1) is 6.61 Å². The molecule has 2 amide bonds. The number of carbonyl (C=O) groups is 1. The highest BCUT2D eigenvalue weighted by molar-refractivity contribution is 5.74. The zero-order valence-electron chi connectivity index (χ0n) is 12.4. The molecule has 1 aliphatic heterocycles. The Balaban J connectivity index is 2.10. The zero-order chi connectivity index (χ0) is 14.1. The van der Waals surface area contributed by atoms with E-state index >= 15 is 0 Å². The number of amides is 2. The minimum atomic E-state index is -0.0661. The third kappa shape index (κ3) is 6.25. The van der Waals surface area contributed by atoms with Crippen molar-refractivity contribution in [2.24, 2.45) is 5.92 Å². The maximum atomic E-state index is 11.8. The SMILES string of the molecule is CCN(CCO)C(=O)NCCCN1CCCC(C)C1. The minimum absolute atomic E-state index is 0.0208. The van der Waals surface area contributed by atoms with Crippen molar-refractivity contribution in [1.29, 1.82) is 0 Å². The molecule has 5 heteroatoms. The Kier molecular flexibility index (Phi) is 7.82. The average molecular weight is 271 g/mol. The van der Waals surface area contributed by atoms with Crippen molar-refractivity contribution in [3.05, 3.63) is 0 Å². The van der Waals surface area contributed by atoms with E-state index in [0.29, 0.717) is 19.6 Å². The van der Waals surface area contributed by atoms with Gasteiger partial charge < -0.3 is 20.2 Å². The van der Waals surface area contributed by atoms with Gasteiger partial charge >= 0.3 is 6.03 Å². The fourth-order valence-electron chi connectivity index (χ4n) is 2.62. The third-order valence-electron chi connectivity index (χ3n) is 3.71. The van der Waals surface area contributed by atoms with Crippen LogP contribution in [0.5, 0.6) is 0 Å². The second-order valence-corrected chi connectivity index (χ2v) is 5.44. The lowest BCUT2D eigenvalue weighted by molar-refractivity contribution is 0.173. The van der Waals surface area contributed by atoms with Crippen LogP contribution in [0.1, 0.15) is 33.1 Å². The van der Waals surface area contributed by atoms with E-state index in [-0.39, 0.29) is 12.6 Å². The van der Waals surface area contributed by atoms with E-state index in [1.165, 1.54) is 25.9 Å². The largest absolute Gasteiger partial charge is 0.395 e. The van der Waals surface area contributed by atoms with Crippen LogP contribution >= 0.6 is 0 Å². The summed E-state index contributed by atoms with van der Waals surface area (Å²) in [6, 6.07) is -0.0661. The van der Waals surface area contributed by atoms with Gasteiger partial charge in [0, 0.05) is 26.2 Å². The number of aliphatic hydroxyl groups is 1. The van der Waals surface area contributed by atoms with Crippen molar-refractivity contribution in [3.8, 4) is 0 Å². The molecule has 1 aliphatic rings. The first-order valence-electron chi connectivity index (χ1n) is 7.53. The van der Waals surface area contributed by atoms with Gasteiger partial charge in [0.2, 0.25) is 0 Å². The first-order valence-corrected chi connectivity index (χ1v) is 7.53. The lowest BCUT2D eigenvalue weighted by atomic mass is 10.0. The number of rotatable bonds is 7. The molecule has 0 aliphatic carbocycles. The van der Waals surface area contributed by atoms with Crippen molar-refractivity contribution in [3.63, 3.8) is 0 Å². The van der Waals surface area contributed by atoms with Crippen molar-refractivity contribution in [2.45, 2.75) is 33.1 Å². The summed E-state index contributed by atoms with van der Waals surface area (Å²) in [5, 5.41) is 11.8. The summed E-state index contributed by atoms with van der Waals surface area (Å²) in [5.74, 6) is 0.809. The molecule has 1 rings (SSSR count). The van der Waals surface area contributed by atoms with Crippen LogP contribution in [0.2, 0.25) is 0 Å². The van der Waals surface area contributed by atoms with Crippen molar-refractivity contribution < 1.29 is 9.90 Å². The molecule has 1 saturated heterocycles. The van der Waals surface area contributed by atoms with Crippen LogP contribution in [0, 0.1) is 5.92 Å². The van der Waals surface area contributed by atoms with Gasteiger partial charge in [-0.05, 0) is 45.2 Å². The number of likely N-dealkylation sites (N-methyl/N-ethyl adjacent to an activating group) is 1. The maximum absolute atomic E-state index is 11.8. The number of aliphatic hydroxyl groups excluding tert-OH is 1. The van der Waals surface area contributed by atoms with E-state index < -0.39 is 0 Å². The molecule has 0 saturated carbocycles. The van der Waals surface area contributed by atoms with Gasteiger partial charge in [0.25, 0.3) is 0 Å².